The van der Waals surface area contributed by atoms with E-state index in [1.54, 1.807) is 11.3 Å². The van der Waals surface area contributed by atoms with E-state index in [-0.39, 0.29) is 5.41 Å². The Morgan fingerprint density at radius 3 is 1.94 bits per heavy atom. The number of thiazole rings is 1. The van der Waals surface area contributed by atoms with Gasteiger partial charge in [-0.3, -0.25) is 0 Å². The molecule has 0 radical (unpaired) electrons. The van der Waals surface area contributed by atoms with Gasteiger partial charge < -0.3 is 0 Å². The van der Waals surface area contributed by atoms with Gasteiger partial charge in [0.1, 0.15) is 0 Å². The lowest BCUT2D eigenvalue weighted by molar-refractivity contribution is 0.589. The molecule has 0 atom stereocenters. The van der Waals surface area contributed by atoms with E-state index in [4.69, 9.17) is 0 Å². The van der Waals surface area contributed by atoms with E-state index in [0.29, 0.717) is 0 Å². The lowest BCUT2D eigenvalue weighted by atomic mass is 9.83. The Morgan fingerprint density at radius 1 is 1.00 bits per heavy atom. The van der Waals surface area contributed by atoms with Gasteiger partial charge in [0, 0.05) is 10.9 Å². The molecule has 0 N–H and O–H groups in total. The van der Waals surface area contributed by atoms with Crippen molar-refractivity contribution >= 4 is 11.3 Å². The summed E-state index contributed by atoms with van der Waals surface area (Å²) in [5.74, 6) is 0. The zero-order valence-corrected chi connectivity index (χ0v) is 12.9. The molecule has 2 rings (SSSR count). The van der Waals surface area contributed by atoms with Gasteiger partial charge in [0.2, 0.25) is 0 Å². The van der Waals surface area contributed by atoms with Gasteiger partial charge in [-0.25, -0.2) is 4.98 Å². The van der Waals surface area contributed by atoms with Crippen LogP contribution in [-0.2, 0) is 5.41 Å². The summed E-state index contributed by atoms with van der Waals surface area (Å²) >= 11 is 1.72. The second-order valence-electron chi connectivity index (χ2n) is 5.99. The first kappa shape index (κ1) is 13.3. The average Bonchev–Trinajstić information content (AvgIpc) is 2.62. The molecule has 1 heterocycles. The molecule has 1 nitrogen and oxygen atoms in total. The van der Waals surface area contributed by atoms with E-state index >= 15 is 0 Å². The van der Waals surface area contributed by atoms with Gasteiger partial charge in [0.15, 0.2) is 0 Å². The summed E-state index contributed by atoms with van der Waals surface area (Å²) in [7, 11) is 0. The van der Waals surface area contributed by atoms with Gasteiger partial charge in [-0.2, -0.15) is 0 Å². The molecule has 0 spiro atoms. The fourth-order valence-electron chi connectivity index (χ4n) is 2.28. The molecule has 1 aromatic carbocycles. The number of hydrogen-bond acceptors (Lipinski definition) is 2. The van der Waals surface area contributed by atoms with Crippen LogP contribution in [0, 0.1) is 20.8 Å². The third-order valence-electron chi connectivity index (χ3n) is 3.27. The van der Waals surface area contributed by atoms with Gasteiger partial charge >= 0.3 is 0 Å². The second kappa shape index (κ2) is 4.51. The monoisotopic (exact) mass is 259 g/mol. The Morgan fingerprint density at radius 2 is 1.56 bits per heavy atom. The maximum absolute atomic E-state index is 4.61. The third-order valence-corrected chi connectivity index (χ3v) is 4.05. The van der Waals surface area contributed by atoms with Crippen LogP contribution in [0.1, 0.15) is 42.5 Å². The van der Waals surface area contributed by atoms with Crippen LogP contribution in [-0.4, -0.2) is 4.98 Å². The van der Waals surface area contributed by atoms with E-state index in [2.05, 4.69) is 64.0 Å². The Hall–Kier alpha value is -1.15. The van der Waals surface area contributed by atoms with Crippen molar-refractivity contribution in [2.75, 3.05) is 0 Å². The molecule has 0 amide bonds. The van der Waals surface area contributed by atoms with Crippen molar-refractivity contribution in [3.05, 3.63) is 39.2 Å². The zero-order valence-electron chi connectivity index (χ0n) is 12.1. The quantitative estimate of drug-likeness (QED) is 0.699. The Balaban J connectivity index is 2.58. The minimum atomic E-state index is 0.200. The highest BCUT2D eigenvalue weighted by molar-refractivity contribution is 7.09. The van der Waals surface area contributed by atoms with Gasteiger partial charge in [0.25, 0.3) is 0 Å². The van der Waals surface area contributed by atoms with Crippen molar-refractivity contribution in [3.63, 3.8) is 0 Å². The van der Waals surface area contributed by atoms with Gasteiger partial charge in [-0.15, -0.1) is 11.3 Å². The molecule has 0 aliphatic carbocycles. The molecule has 0 saturated carbocycles. The highest BCUT2D eigenvalue weighted by Gasteiger charge is 2.17. The maximum Gasteiger partial charge on any atom is 0.0901 e. The molecule has 18 heavy (non-hydrogen) atoms. The number of rotatable bonds is 1. The van der Waals surface area contributed by atoms with Crippen LogP contribution in [0.5, 0.6) is 0 Å². The van der Waals surface area contributed by atoms with E-state index < -0.39 is 0 Å². The number of benzene rings is 1. The van der Waals surface area contributed by atoms with E-state index in [0.717, 1.165) is 10.7 Å². The molecule has 96 valence electrons. The average molecular weight is 259 g/mol. The normalized spacial score (nSPS) is 11.9. The summed E-state index contributed by atoms with van der Waals surface area (Å²) in [6, 6.07) is 4.61. The van der Waals surface area contributed by atoms with Crippen LogP contribution in [0.3, 0.4) is 0 Å². The second-order valence-corrected chi connectivity index (χ2v) is 7.05. The first-order chi connectivity index (χ1) is 8.29. The molecule has 0 unspecified atom stereocenters. The summed E-state index contributed by atoms with van der Waals surface area (Å²) in [5.41, 5.74) is 6.66. The smallest absolute Gasteiger partial charge is 0.0901 e. The van der Waals surface area contributed by atoms with Crippen LogP contribution in [0.2, 0.25) is 0 Å². The molecular weight excluding hydrogens is 238 g/mol. The molecule has 0 fully saturated rings. The van der Waals surface area contributed by atoms with Crippen molar-refractivity contribution in [2.45, 2.75) is 47.0 Å². The lowest BCUT2D eigenvalue weighted by Crippen LogP contribution is -2.12. The minimum Gasteiger partial charge on any atom is -0.242 e. The molecular formula is C16H21NS. The predicted molar refractivity (Wildman–Crippen MR) is 80.5 cm³/mol. The van der Waals surface area contributed by atoms with E-state index in [9.17, 15) is 0 Å². The van der Waals surface area contributed by atoms with Crippen LogP contribution in [0.15, 0.2) is 17.5 Å². The Labute approximate surface area is 114 Å². The maximum atomic E-state index is 4.61. The standard InChI is InChI=1S/C16H21NS/c1-10-7-13(16(4,5)6)8-11(2)15(10)14-9-18-12(3)17-14/h7-9H,1-6H3. The summed E-state index contributed by atoms with van der Waals surface area (Å²) in [6.45, 7) is 13.2. The van der Waals surface area contributed by atoms with Crippen molar-refractivity contribution in [1.29, 1.82) is 0 Å². The molecule has 1 aromatic heterocycles. The first-order valence-electron chi connectivity index (χ1n) is 6.33. The summed E-state index contributed by atoms with van der Waals surface area (Å²) in [4.78, 5) is 4.61. The summed E-state index contributed by atoms with van der Waals surface area (Å²) in [6.07, 6.45) is 0. The zero-order chi connectivity index (χ0) is 13.5. The van der Waals surface area contributed by atoms with Crippen LogP contribution >= 0.6 is 11.3 Å². The Bertz CT molecular complexity index is 550. The largest absolute Gasteiger partial charge is 0.242 e. The number of nitrogens with zero attached hydrogens (tertiary/aromatic N) is 1. The summed E-state index contributed by atoms with van der Waals surface area (Å²) in [5, 5.41) is 3.28. The first-order valence-corrected chi connectivity index (χ1v) is 7.21. The van der Waals surface area contributed by atoms with Crippen LogP contribution in [0.25, 0.3) is 11.3 Å². The third kappa shape index (κ3) is 2.49. The SMILES string of the molecule is Cc1nc(-c2c(C)cc(C(C)(C)C)cc2C)cs1. The van der Waals surface area contributed by atoms with Crippen molar-refractivity contribution in [3.8, 4) is 11.3 Å². The fraction of sp³-hybridized carbons (Fsp3) is 0.438. The molecule has 2 aromatic rings. The molecule has 0 aliphatic rings. The molecule has 0 bridgehead atoms. The highest BCUT2D eigenvalue weighted by Crippen LogP contribution is 2.32. The number of aryl methyl sites for hydroxylation is 3. The topological polar surface area (TPSA) is 12.9 Å². The van der Waals surface area contributed by atoms with E-state index in [1.165, 1.54) is 22.3 Å². The number of aromatic nitrogens is 1. The molecule has 0 aliphatic heterocycles. The molecule has 2 heteroatoms. The predicted octanol–water partition coefficient (Wildman–Crippen LogP) is 5.03. The number of hydrogen-bond donors (Lipinski definition) is 0. The van der Waals surface area contributed by atoms with Crippen molar-refractivity contribution < 1.29 is 0 Å². The minimum absolute atomic E-state index is 0.200. The van der Waals surface area contributed by atoms with Gasteiger partial charge in [-0.1, -0.05) is 32.9 Å². The molecule has 0 saturated heterocycles. The van der Waals surface area contributed by atoms with Crippen LogP contribution in [0.4, 0.5) is 0 Å². The Kier molecular flexibility index (Phi) is 3.33. The van der Waals surface area contributed by atoms with Crippen molar-refractivity contribution in [1.82, 2.24) is 4.98 Å². The van der Waals surface area contributed by atoms with Crippen molar-refractivity contribution in [2.24, 2.45) is 0 Å². The highest BCUT2D eigenvalue weighted by atomic mass is 32.1. The van der Waals surface area contributed by atoms with Gasteiger partial charge in [0.05, 0.1) is 10.7 Å². The van der Waals surface area contributed by atoms with Crippen LogP contribution < -0.4 is 0 Å². The summed E-state index contributed by atoms with van der Waals surface area (Å²) < 4.78 is 0. The lowest BCUT2D eigenvalue weighted by Gasteiger charge is -2.22. The van der Waals surface area contributed by atoms with E-state index in [1.807, 2.05) is 0 Å². The fourth-order valence-corrected chi connectivity index (χ4v) is 2.88. The van der Waals surface area contributed by atoms with Gasteiger partial charge in [-0.05, 0) is 42.9 Å².